The number of esters is 3. The van der Waals surface area contributed by atoms with Crippen LogP contribution in [-0.4, -0.2) is 37.2 Å². The van der Waals surface area contributed by atoms with Crippen LogP contribution in [0.2, 0.25) is 0 Å². The fraction of sp³-hybridized carbons (Fsp3) is 0.638. The molecule has 6 heteroatoms. The number of carbonyl (C=O) groups excluding carboxylic acids is 3. The number of ether oxygens (including phenoxy) is 3. The van der Waals surface area contributed by atoms with Crippen LogP contribution < -0.4 is 0 Å². The third-order valence-corrected chi connectivity index (χ3v) is 10.7. The van der Waals surface area contributed by atoms with Crippen LogP contribution >= 0.6 is 0 Å². The summed E-state index contributed by atoms with van der Waals surface area (Å²) in [6.45, 7) is 6.36. The molecule has 0 aromatic carbocycles. The van der Waals surface area contributed by atoms with Gasteiger partial charge in [-0.2, -0.15) is 0 Å². The predicted molar refractivity (Wildman–Crippen MR) is 274 cm³/mol. The van der Waals surface area contributed by atoms with Crippen LogP contribution in [0.25, 0.3) is 0 Å². The van der Waals surface area contributed by atoms with E-state index in [1.54, 1.807) is 0 Å². The van der Waals surface area contributed by atoms with Crippen LogP contribution in [0.4, 0.5) is 0 Å². The van der Waals surface area contributed by atoms with E-state index in [1.807, 2.05) is 6.08 Å². The smallest absolute Gasteiger partial charge is 0.306 e. The lowest BCUT2D eigenvalue weighted by Gasteiger charge is -2.18. The van der Waals surface area contributed by atoms with Crippen molar-refractivity contribution in [2.75, 3.05) is 13.2 Å². The summed E-state index contributed by atoms with van der Waals surface area (Å²) in [7, 11) is 0. The average Bonchev–Trinajstić information content (AvgIpc) is 3.29. The van der Waals surface area contributed by atoms with Gasteiger partial charge in [0.2, 0.25) is 0 Å². The first-order valence-electron chi connectivity index (χ1n) is 26.0. The molecule has 0 amide bonds. The molecule has 0 spiro atoms. The Morgan fingerprint density at radius 2 is 0.703 bits per heavy atom. The first kappa shape index (κ1) is 60.1. The molecular formula is C58H94O6. The van der Waals surface area contributed by atoms with Gasteiger partial charge in [-0.1, -0.05) is 226 Å². The van der Waals surface area contributed by atoms with Crippen molar-refractivity contribution in [3.8, 4) is 0 Å². The van der Waals surface area contributed by atoms with E-state index in [0.717, 1.165) is 96.3 Å². The lowest BCUT2D eigenvalue weighted by Crippen LogP contribution is -2.30. The molecule has 0 aliphatic carbocycles. The van der Waals surface area contributed by atoms with Crippen molar-refractivity contribution in [2.24, 2.45) is 0 Å². The first-order valence-corrected chi connectivity index (χ1v) is 26.0. The number of carbonyl (C=O) groups is 3. The Labute approximate surface area is 393 Å². The molecule has 1 unspecified atom stereocenters. The van der Waals surface area contributed by atoms with Crippen molar-refractivity contribution in [1.29, 1.82) is 0 Å². The Hall–Kier alpha value is -3.93. The minimum Gasteiger partial charge on any atom is -0.462 e. The monoisotopic (exact) mass is 887 g/mol. The van der Waals surface area contributed by atoms with Gasteiger partial charge in [-0.05, 0) is 83.5 Å². The van der Waals surface area contributed by atoms with Gasteiger partial charge >= 0.3 is 17.9 Å². The Morgan fingerprint density at radius 3 is 1.20 bits per heavy atom. The number of hydrogen-bond donors (Lipinski definition) is 0. The highest BCUT2D eigenvalue weighted by molar-refractivity contribution is 5.71. The molecule has 0 aliphatic heterocycles. The predicted octanol–water partition coefficient (Wildman–Crippen LogP) is 17.1. The highest BCUT2D eigenvalue weighted by Crippen LogP contribution is 2.13. The van der Waals surface area contributed by atoms with Gasteiger partial charge in [0.25, 0.3) is 0 Å². The van der Waals surface area contributed by atoms with E-state index in [-0.39, 0.29) is 37.5 Å². The highest BCUT2D eigenvalue weighted by atomic mass is 16.6. The normalized spacial score (nSPS) is 13.0. The van der Waals surface area contributed by atoms with E-state index in [2.05, 4.69) is 124 Å². The van der Waals surface area contributed by atoms with Gasteiger partial charge in [0, 0.05) is 19.3 Å². The van der Waals surface area contributed by atoms with E-state index in [1.165, 1.54) is 77.0 Å². The zero-order chi connectivity index (χ0) is 46.5. The first-order chi connectivity index (χ1) is 31.5. The Bertz CT molecular complexity index is 1340. The zero-order valence-electron chi connectivity index (χ0n) is 41.3. The van der Waals surface area contributed by atoms with Gasteiger partial charge in [-0.3, -0.25) is 14.4 Å². The minimum atomic E-state index is -0.818. The summed E-state index contributed by atoms with van der Waals surface area (Å²) in [5.41, 5.74) is 0. The molecule has 1 atom stereocenters. The molecule has 0 rings (SSSR count). The SMILES string of the molecule is CC/C=C/C=C/C=C/CCCCCCCCCC(=O)OC(COC(=O)CC/C=C/C/C=C/CCCCCCCC)COC(=O)CCCCCCC/C=C/C=C/C=C/C=C/CCCCC. The van der Waals surface area contributed by atoms with Gasteiger partial charge in [-0.25, -0.2) is 0 Å². The fourth-order valence-corrected chi connectivity index (χ4v) is 6.74. The summed E-state index contributed by atoms with van der Waals surface area (Å²) in [5.74, 6) is -1.02. The van der Waals surface area contributed by atoms with Crippen LogP contribution in [0.5, 0.6) is 0 Å². The highest BCUT2D eigenvalue weighted by Gasteiger charge is 2.19. The molecule has 0 bridgehead atoms. The van der Waals surface area contributed by atoms with E-state index >= 15 is 0 Å². The molecule has 64 heavy (non-hydrogen) atoms. The van der Waals surface area contributed by atoms with E-state index < -0.39 is 6.10 Å². The van der Waals surface area contributed by atoms with E-state index in [0.29, 0.717) is 19.3 Å². The van der Waals surface area contributed by atoms with Crippen LogP contribution in [0.1, 0.15) is 220 Å². The molecule has 0 fully saturated rings. The van der Waals surface area contributed by atoms with E-state index in [9.17, 15) is 14.4 Å². The standard InChI is InChI=1S/C58H94O6/c1-4-7-10-13-16-19-22-25-27-28-29-31-33-36-39-42-45-48-51-57(60)63-54-55(53-62-56(59)50-47-44-41-38-35-32-24-21-18-15-12-9-6-3)64-58(61)52-49-46-43-40-37-34-30-26-23-20-17-14-11-8-5-2/h8,11,14,16-17,19-20,22-23,25,27-29,31-32,35,41,44,55H,4-7,9-10,12-13,15,18,21,24,26,30,33-34,36-40,42-43,45-54H2,1-3H3/b11-8+,17-14+,19-16+,23-20+,25-22+,28-27+,31-29+,35-32+,44-41+. The second-order valence-corrected chi connectivity index (χ2v) is 16.8. The molecule has 6 nitrogen and oxygen atoms in total. The number of unbranched alkanes of at least 4 members (excludes halogenated alkanes) is 21. The average molecular weight is 887 g/mol. The quantitative estimate of drug-likeness (QED) is 0.0199. The number of hydrogen-bond acceptors (Lipinski definition) is 6. The lowest BCUT2D eigenvalue weighted by molar-refractivity contribution is -0.166. The maximum absolute atomic E-state index is 12.8. The van der Waals surface area contributed by atoms with E-state index in [4.69, 9.17) is 14.2 Å². The van der Waals surface area contributed by atoms with Crippen molar-refractivity contribution >= 4 is 17.9 Å². The molecule has 362 valence electrons. The van der Waals surface area contributed by atoms with Gasteiger partial charge in [-0.15, -0.1) is 0 Å². The summed E-state index contributed by atoms with van der Waals surface area (Å²) >= 11 is 0. The third-order valence-electron chi connectivity index (χ3n) is 10.7. The summed E-state index contributed by atoms with van der Waals surface area (Å²) in [6, 6.07) is 0. The Morgan fingerprint density at radius 1 is 0.344 bits per heavy atom. The maximum atomic E-state index is 12.8. The lowest BCUT2D eigenvalue weighted by atomic mass is 10.1. The topological polar surface area (TPSA) is 78.9 Å². The van der Waals surface area contributed by atoms with Crippen LogP contribution in [0, 0.1) is 0 Å². The molecule has 0 heterocycles. The van der Waals surface area contributed by atoms with Gasteiger partial charge in [0.15, 0.2) is 6.10 Å². The summed E-state index contributed by atoms with van der Waals surface area (Å²) in [4.78, 5) is 38.0. The molecule has 0 saturated carbocycles. The Balaban J connectivity index is 4.53. The molecule has 0 radical (unpaired) electrons. The molecule has 0 aromatic heterocycles. The van der Waals surface area contributed by atoms with Gasteiger partial charge in [0.1, 0.15) is 13.2 Å². The van der Waals surface area contributed by atoms with Gasteiger partial charge in [0.05, 0.1) is 0 Å². The summed E-state index contributed by atoms with van der Waals surface area (Å²) in [6.07, 6.45) is 69.3. The van der Waals surface area contributed by atoms with Crippen LogP contribution in [-0.2, 0) is 28.6 Å². The van der Waals surface area contributed by atoms with Crippen LogP contribution in [0.15, 0.2) is 109 Å². The Kier molecular flexibility index (Phi) is 48.5. The zero-order valence-corrected chi connectivity index (χ0v) is 41.3. The van der Waals surface area contributed by atoms with Crippen molar-refractivity contribution in [3.63, 3.8) is 0 Å². The molecule has 0 N–H and O–H groups in total. The second-order valence-electron chi connectivity index (χ2n) is 16.8. The molecular weight excluding hydrogens is 793 g/mol. The van der Waals surface area contributed by atoms with Crippen molar-refractivity contribution < 1.29 is 28.6 Å². The van der Waals surface area contributed by atoms with Crippen molar-refractivity contribution in [2.45, 2.75) is 226 Å². The summed E-state index contributed by atoms with van der Waals surface area (Å²) < 4.78 is 16.7. The largest absolute Gasteiger partial charge is 0.462 e. The van der Waals surface area contributed by atoms with Crippen LogP contribution in [0.3, 0.4) is 0 Å². The fourth-order valence-electron chi connectivity index (χ4n) is 6.74. The summed E-state index contributed by atoms with van der Waals surface area (Å²) in [5, 5.41) is 0. The molecule has 0 saturated heterocycles. The molecule has 0 aromatic rings. The minimum absolute atomic E-state index is 0.115. The van der Waals surface area contributed by atoms with Crippen molar-refractivity contribution in [1.82, 2.24) is 0 Å². The molecule has 0 aliphatic rings. The second kappa shape index (κ2) is 51.7. The maximum Gasteiger partial charge on any atom is 0.306 e. The number of allylic oxidation sites excluding steroid dienone is 18. The van der Waals surface area contributed by atoms with Gasteiger partial charge < -0.3 is 14.2 Å². The van der Waals surface area contributed by atoms with Crippen molar-refractivity contribution in [3.05, 3.63) is 109 Å². The number of rotatable bonds is 45. The third kappa shape index (κ3) is 49.1.